The van der Waals surface area contributed by atoms with Crippen LogP contribution in [0, 0.1) is 18.8 Å². The Hall–Kier alpha value is -2.19. The zero-order valence-electron chi connectivity index (χ0n) is 21.1. The zero-order chi connectivity index (χ0) is 24.2. The van der Waals surface area contributed by atoms with Crippen LogP contribution in [0.4, 0.5) is 5.82 Å². The summed E-state index contributed by atoms with van der Waals surface area (Å²) in [5.41, 5.74) is 8.95. The maximum atomic E-state index is 13.6. The van der Waals surface area contributed by atoms with E-state index in [2.05, 4.69) is 22.8 Å². The number of hydrogen-bond donors (Lipinski definition) is 2. The molecular weight excluding hydrogens is 428 g/mol. The Morgan fingerprint density at radius 3 is 2.62 bits per heavy atom. The Labute approximate surface area is 203 Å². The summed E-state index contributed by atoms with van der Waals surface area (Å²) >= 11 is 0. The lowest BCUT2D eigenvalue weighted by Crippen LogP contribution is -2.45. The number of aliphatic hydroxyl groups is 1. The summed E-state index contributed by atoms with van der Waals surface area (Å²) in [5, 5.41) is 14.7. The van der Waals surface area contributed by atoms with E-state index in [1.807, 2.05) is 24.6 Å². The number of aryl methyl sites for hydroxylation is 1. The van der Waals surface area contributed by atoms with Gasteiger partial charge >= 0.3 is 0 Å². The number of nitrogens with two attached hydrogens (primary N) is 1. The van der Waals surface area contributed by atoms with Gasteiger partial charge in [-0.1, -0.05) is 26.7 Å². The van der Waals surface area contributed by atoms with Crippen molar-refractivity contribution >= 4 is 17.4 Å². The molecule has 3 aliphatic rings. The molecule has 188 valence electrons. The number of piperidine rings is 1. The fraction of sp³-hybridized carbons (Fsp3) is 0.731. The largest absolute Gasteiger partial charge is 0.396 e. The predicted octanol–water partition coefficient (Wildman–Crippen LogP) is 3.45. The SMILES string of the molecule is CC.Cc1cn2nc(C3CCCCN3C(=O)C3CCCCC3CO)cc2nc1N1CCC(N)C1. The molecule has 3 N–H and O–H groups in total. The molecule has 5 rings (SSSR count). The van der Waals surface area contributed by atoms with Crippen LogP contribution in [0.5, 0.6) is 0 Å². The van der Waals surface area contributed by atoms with E-state index in [9.17, 15) is 9.90 Å². The van der Waals surface area contributed by atoms with Crippen molar-refractivity contribution in [2.75, 3.05) is 31.1 Å². The Morgan fingerprint density at radius 2 is 1.88 bits per heavy atom. The van der Waals surface area contributed by atoms with Gasteiger partial charge in [-0.2, -0.15) is 5.10 Å². The minimum atomic E-state index is -0.0577. The molecule has 4 atom stereocenters. The van der Waals surface area contributed by atoms with E-state index in [0.717, 1.165) is 93.7 Å². The molecular formula is C26H42N6O2. The van der Waals surface area contributed by atoms with Gasteiger partial charge in [0.25, 0.3) is 0 Å². The Kier molecular flexibility index (Phi) is 8.09. The van der Waals surface area contributed by atoms with Gasteiger partial charge in [0.05, 0.1) is 11.7 Å². The Morgan fingerprint density at radius 1 is 1.12 bits per heavy atom. The molecule has 1 amide bonds. The number of nitrogens with zero attached hydrogens (tertiary/aromatic N) is 5. The van der Waals surface area contributed by atoms with Gasteiger partial charge in [-0.25, -0.2) is 9.50 Å². The van der Waals surface area contributed by atoms with Crippen molar-refractivity contribution in [1.82, 2.24) is 19.5 Å². The van der Waals surface area contributed by atoms with E-state index in [4.69, 9.17) is 15.8 Å². The normalized spacial score (nSPS) is 27.6. The van der Waals surface area contributed by atoms with Crippen LogP contribution in [0.1, 0.15) is 82.5 Å². The third-order valence-corrected chi connectivity index (χ3v) is 7.74. The summed E-state index contributed by atoms with van der Waals surface area (Å²) in [7, 11) is 0. The molecule has 2 saturated heterocycles. The van der Waals surface area contributed by atoms with Gasteiger partial charge in [0.1, 0.15) is 5.82 Å². The lowest BCUT2D eigenvalue weighted by molar-refractivity contribution is -0.143. The molecule has 3 fully saturated rings. The average Bonchev–Trinajstić information content (AvgIpc) is 3.49. The molecule has 2 aromatic rings. The van der Waals surface area contributed by atoms with Crippen molar-refractivity contribution in [1.29, 1.82) is 0 Å². The average molecular weight is 471 g/mol. The second kappa shape index (κ2) is 11.0. The predicted molar refractivity (Wildman–Crippen MR) is 135 cm³/mol. The highest BCUT2D eigenvalue weighted by molar-refractivity contribution is 5.80. The number of hydrogen-bond acceptors (Lipinski definition) is 6. The fourth-order valence-electron chi connectivity index (χ4n) is 5.95. The summed E-state index contributed by atoms with van der Waals surface area (Å²) in [5.74, 6) is 1.24. The zero-order valence-corrected chi connectivity index (χ0v) is 21.1. The Balaban J connectivity index is 0.00000133. The number of likely N-dealkylation sites (tertiary alicyclic amines) is 1. The number of anilines is 1. The summed E-state index contributed by atoms with van der Waals surface area (Å²) < 4.78 is 1.86. The second-order valence-corrected chi connectivity index (χ2v) is 9.99. The van der Waals surface area contributed by atoms with Gasteiger partial charge in [0.15, 0.2) is 5.65 Å². The summed E-state index contributed by atoms with van der Waals surface area (Å²) in [4.78, 5) is 22.8. The number of fused-ring (bicyclic) bond motifs is 1. The molecule has 4 unspecified atom stereocenters. The molecule has 0 aromatic carbocycles. The van der Waals surface area contributed by atoms with Crippen molar-refractivity contribution in [2.24, 2.45) is 17.6 Å². The van der Waals surface area contributed by atoms with Gasteiger partial charge in [-0.05, 0) is 51.4 Å². The molecule has 0 radical (unpaired) electrons. The van der Waals surface area contributed by atoms with Gasteiger partial charge in [0, 0.05) is 56.0 Å². The number of carbonyl (C=O) groups is 1. The highest BCUT2D eigenvalue weighted by atomic mass is 16.3. The number of aliphatic hydroxyl groups excluding tert-OH is 1. The molecule has 2 aliphatic heterocycles. The molecule has 8 nitrogen and oxygen atoms in total. The lowest BCUT2D eigenvalue weighted by Gasteiger charge is -2.39. The molecule has 0 bridgehead atoms. The van der Waals surface area contributed by atoms with Crippen LogP contribution < -0.4 is 10.6 Å². The van der Waals surface area contributed by atoms with Crippen LogP contribution in [0.3, 0.4) is 0 Å². The maximum absolute atomic E-state index is 13.6. The van der Waals surface area contributed by atoms with Crippen LogP contribution in [0.15, 0.2) is 12.3 Å². The molecule has 8 heteroatoms. The first-order valence-corrected chi connectivity index (χ1v) is 13.3. The van der Waals surface area contributed by atoms with Crippen molar-refractivity contribution in [3.05, 3.63) is 23.5 Å². The van der Waals surface area contributed by atoms with E-state index in [1.54, 1.807) is 0 Å². The van der Waals surface area contributed by atoms with Crippen molar-refractivity contribution < 1.29 is 9.90 Å². The highest BCUT2D eigenvalue weighted by Crippen LogP contribution is 2.37. The summed E-state index contributed by atoms with van der Waals surface area (Å²) in [6.07, 6.45) is 10.1. The summed E-state index contributed by atoms with van der Waals surface area (Å²) in [6.45, 7) is 8.72. The van der Waals surface area contributed by atoms with Crippen molar-refractivity contribution in [3.8, 4) is 0 Å². The quantitative estimate of drug-likeness (QED) is 0.710. The highest BCUT2D eigenvalue weighted by Gasteiger charge is 2.38. The summed E-state index contributed by atoms with van der Waals surface area (Å²) in [6, 6.07) is 2.25. The topological polar surface area (TPSA) is 100.0 Å². The molecule has 4 heterocycles. The third-order valence-electron chi connectivity index (χ3n) is 7.74. The van der Waals surface area contributed by atoms with Crippen LogP contribution >= 0.6 is 0 Å². The first kappa shape index (κ1) is 24.9. The van der Waals surface area contributed by atoms with Gasteiger partial charge < -0.3 is 20.6 Å². The molecule has 2 aromatic heterocycles. The van der Waals surface area contributed by atoms with E-state index in [0.29, 0.717) is 0 Å². The number of aromatic nitrogens is 3. The monoisotopic (exact) mass is 470 g/mol. The van der Waals surface area contributed by atoms with E-state index >= 15 is 0 Å². The number of rotatable bonds is 4. The van der Waals surface area contributed by atoms with E-state index < -0.39 is 0 Å². The standard InChI is InChI=1S/C24H36N6O2.C2H6/c1-16-13-30-22(26-23(16)28-11-9-18(25)14-28)12-20(27-30)21-8-4-5-10-29(21)24(32)19-7-3-2-6-17(19)15-31;1-2/h12-13,17-19,21,31H,2-11,14-15,25H2,1H3;1-2H3. The van der Waals surface area contributed by atoms with Gasteiger partial charge in [-0.15, -0.1) is 0 Å². The van der Waals surface area contributed by atoms with Crippen molar-refractivity contribution in [2.45, 2.75) is 84.2 Å². The van der Waals surface area contributed by atoms with Gasteiger partial charge in [0.2, 0.25) is 5.91 Å². The number of carbonyl (C=O) groups excluding carboxylic acids is 1. The van der Waals surface area contributed by atoms with E-state index in [1.165, 1.54) is 0 Å². The Bertz CT molecular complexity index is 976. The minimum Gasteiger partial charge on any atom is -0.396 e. The smallest absolute Gasteiger partial charge is 0.226 e. The first-order valence-electron chi connectivity index (χ1n) is 13.3. The fourth-order valence-corrected chi connectivity index (χ4v) is 5.95. The number of amides is 1. The molecule has 1 saturated carbocycles. The van der Waals surface area contributed by atoms with Crippen LogP contribution in [0.2, 0.25) is 0 Å². The lowest BCUT2D eigenvalue weighted by atomic mass is 9.78. The van der Waals surface area contributed by atoms with Crippen molar-refractivity contribution in [3.63, 3.8) is 0 Å². The second-order valence-electron chi connectivity index (χ2n) is 9.99. The molecule has 0 spiro atoms. The van der Waals surface area contributed by atoms with Crippen LogP contribution in [0.25, 0.3) is 5.65 Å². The minimum absolute atomic E-state index is 0.0109. The first-order chi connectivity index (χ1) is 16.5. The van der Waals surface area contributed by atoms with Gasteiger partial charge in [-0.3, -0.25) is 4.79 Å². The van der Waals surface area contributed by atoms with E-state index in [-0.39, 0.29) is 36.4 Å². The maximum Gasteiger partial charge on any atom is 0.226 e. The molecule has 1 aliphatic carbocycles. The van der Waals surface area contributed by atoms with Crippen LogP contribution in [-0.2, 0) is 4.79 Å². The van der Waals surface area contributed by atoms with Crippen LogP contribution in [-0.4, -0.2) is 62.8 Å². The molecule has 34 heavy (non-hydrogen) atoms. The third kappa shape index (κ3) is 4.93.